The van der Waals surface area contributed by atoms with Gasteiger partial charge in [-0.25, -0.2) is 0 Å². The minimum atomic E-state index is 1.09. The summed E-state index contributed by atoms with van der Waals surface area (Å²) >= 11 is 0. The quantitative estimate of drug-likeness (QED) is 0.663. The average molecular weight is 187 g/mol. The van der Waals surface area contributed by atoms with Gasteiger partial charge in [-0.15, -0.1) is 0 Å². The van der Waals surface area contributed by atoms with E-state index in [1.54, 1.807) is 0 Å². The molecule has 1 rings (SSSR count). The minimum absolute atomic E-state index is 1.09. The van der Waals surface area contributed by atoms with Crippen LogP contribution in [0, 0.1) is 5.92 Å². The molecule has 1 aromatic rings. The van der Waals surface area contributed by atoms with Crippen molar-refractivity contribution >= 4 is 0 Å². The molecule has 0 saturated carbocycles. The first-order valence-electron chi connectivity index (χ1n) is 5.26. The number of hydrogen-bond acceptors (Lipinski definition) is 0. The Morgan fingerprint density at radius 2 is 1.79 bits per heavy atom. The zero-order valence-corrected chi connectivity index (χ0v) is 9.38. The van der Waals surface area contributed by atoms with Gasteiger partial charge < -0.3 is 0 Å². The summed E-state index contributed by atoms with van der Waals surface area (Å²) < 4.78 is 0. The highest BCUT2D eigenvalue weighted by Crippen LogP contribution is 2.14. The molecule has 75 valence electrons. The minimum Gasteiger partial charge on any atom is -0.0785 e. The molecule has 1 radical (unpaired) electrons. The van der Waals surface area contributed by atoms with Gasteiger partial charge >= 0.3 is 0 Å². The molecule has 0 bridgehead atoms. The van der Waals surface area contributed by atoms with Crippen molar-refractivity contribution in [1.82, 2.24) is 0 Å². The molecule has 0 heterocycles. The summed E-state index contributed by atoms with van der Waals surface area (Å²) in [5.74, 6) is 1.39. The topological polar surface area (TPSA) is 0 Å². The molecule has 0 amide bonds. The second-order valence-corrected chi connectivity index (χ2v) is 3.90. The van der Waals surface area contributed by atoms with Crippen LogP contribution in [-0.4, -0.2) is 0 Å². The maximum Gasteiger partial charge on any atom is -0.00670 e. The molecule has 0 N–H and O–H groups in total. The zero-order valence-electron chi connectivity index (χ0n) is 9.38. The van der Waals surface area contributed by atoms with Gasteiger partial charge in [-0.2, -0.15) is 0 Å². The summed E-state index contributed by atoms with van der Waals surface area (Å²) in [6, 6.07) is 10.6. The second-order valence-electron chi connectivity index (χ2n) is 3.90. The number of hydrogen-bond donors (Lipinski definition) is 0. The smallest absolute Gasteiger partial charge is 0.00670 e. The molecule has 0 aliphatic heterocycles. The van der Waals surface area contributed by atoms with E-state index in [0.717, 1.165) is 12.8 Å². The van der Waals surface area contributed by atoms with Crippen LogP contribution in [0.25, 0.3) is 0 Å². The van der Waals surface area contributed by atoms with Gasteiger partial charge in [0.25, 0.3) is 0 Å². The van der Waals surface area contributed by atoms with E-state index in [4.69, 9.17) is 0 Å². The standard InChI is InChI=1S/C14H19/c1-4-13(10-12(2)3)11-14-8-6-5-7-9-14/h5-10H,4,11H2,1-3H3. The molecule has 0 nitrogen and oxygen atoms in total. The average Bonchev–Trinajstić information content (AvgIpc) is 2.17. The zero-order chi connectivity index (χ0) is 10.4. The van der Waals surface area contributed by atoms with E-state index >= 15 is 0 Å². The van der Waals surface area contributed by atoms with Crippen molar-refractivity contribution in [2.45, 2.75) is 33.6 Å². The van der Waals surface area contributed by atoms with Crippen molar-refractivity contribution in [2.75, 3.05) is 0 Å². The molecule has 0 unspecified atom stereocenters. The van der Waals surface area contributed by atoms with Crippen molar-refractivity contribution in [3.8, 4) is 0 Å². The van der Waals surface area contributed by atoms with Crippen molar-refractivity contribution in [2.24, 2.45) is 0 Å². The maximum absolute atomic E-state index is 2.30. The molecule has 0 saturated heterocycles. The van der Waals surface area contributed by atoms with Gasteiger partial charge in [0.2, 0.25) is 0 Å². The fourth-order valence-electron chi connectivity index (χ4n) is 1.54. The summed E-state index contributed by atoms with van der Waals surface area (Å²) in [5.41, 5.74) is 2.91. The third-order valence-electron chi connectivity index (χ3n) is 2.22. The van der Waals surface area contributed by atoms with Crippen LogP contribution in [0.5, 0.6) is 0 Å². The van der Waals surface area contributed by atoms with E-state index < -0.39 is 0 Å². The lowest BCUT2D eigenvalue weighted by molar-refractivity contribution is 0.983. The largest absolute Gasteiger partial charge is 0.0785 e. The molecule has 0 aromatic heterocycles. The SMILES string of the molecule is CCC(=C[C](C)C)Cc1ccccc1. The summed E-state index contributed by atoms with van der Waals surface area (Å²) in [6.07, 6.45) is 4.52. The number of benzene rings is 1. The summed E-state index contributed by atoms with van der Waals surface area (Å²) in [4.78, 5) is 0. The van der Waals surface area contributed by atoms with Crippen LogP contribution in [0.15, 0.2) is 42.0 Å². The molecule has 0 spiro atoms. The van der Waals surface area contributed by atoms with Crippen LogP contribution in [0.2, 0.25) is 0 Å². The Balaban J connectivity index is 2.67. The lowest BCUT2D eigenvalue weighted by Crippen LogP contribution is -1.91. The maximum atomic E-state index is 2.30. The van der Waals surface area contributed by atoms with E-state index in [0.29, 0.717) is 0 Å². The van der Waals surface area contributed by atoms with Crippen LogP contribution in [-0.2, 0) is 6.42 Å². The van der Waals surface area contributed by atoms with E-state index in [1.165, 1.54) is 17.1 Å². The van der Waals surface area contributed by atoms with E-state index in [1.807, 2.05) is 0 Å². The highest BCUT2D eigenvalue weighted by molar-refractivity contribution is 5.24. The Morgan fingerprint density at radius 1 is 1.14 bits per heavy atom. The fourth-order valence-corrected chi connectivity index (χ4v) is 1.54. The first-order valence-corrected chi connectivity index (χ1v) is 5.26. The highest BCUT2D eigenvalue weighted by Gasteiger charge is 1.98. The Kier molecular flexibility index (Phi) is 4.45. The van der Waals surface area contributed by atoms with Crippen LogP contribution >= 0.6 is 0 Å². The Bertz CT molecular complexity index is 280. The first kappa shape index (κ1) is 11.0. The van der Waals surface area contributed by atoms with Gasteiger partial charge in [0.05, 0.1) is 0 Å². The third-order valence-corrected chi connectivity index (χ3v) is 2.22. The summed E-state index contributed by atoms with van der Waals surface area (Å²) in [5, 5.41) is 0. The second kappa shape index (κ2) is 5.64. The molecule has 0 aliphatic carbocycles. The van der Waals surface area contributed by atoms with Crippen LogP contribution in [0.3, 0.4) is 0 Å². The number of rotatable bonds is 4. The number of allylic oxidation sites excluding steroid dienone is 2. The van der Waals surface area contributed by atoms with Gasteiger partial charge in [0.15, 0.2) is 0 Å². The molecule has 0 aliphatic rings. The van der Waals surface area contributed by atoms with E-state index in [-0.39, 0.29) is 0 Å². The van der Waals surface area contributed by atoms with Crippen LogP contribution in [0.1, 0.15) is 32.8 Å². The van der Waals surface area contributed by atoms with Gasteiger partial charge in [-0.05, 0) is 24.3 Å². The van der Waals surface area contributed by atoms with Gasteiger partial charge in [0, 0.05) is 0 Å². The Labute approximate surface area is 87.7 Å². The lowest BCUT2D eigenvalue weighted by atomic mass is 10.00. The molecular formula is C14H19. The molecule has 0 fully saturated rings. The predicted octanol–water partition coefficient (Wildman–Crippen LogP) is 4.18. The van der Waals surface area contributed by atoms with Crippen molar-refractivity contribution in [1.29, 1.82) is 0 Å². The highest BCUT2D eigenvalue weighted by atomic mass is 14.0. The summed E-state index contributed by atoms with van der Waals surface area (Å²) in [6.45, 7) is 6.53. The molecular weight excluding hydrogens is 168 g/mol. The third kappa shape index (κ3) is 3.78. The molecule has 0 atom stereocenters. The monoisotopic (exact) mass is 187 g/mol. The Morgan fingerprint density at radius 3 is 2.29 bits per heavy atom. The van der Waals surface area contributed by atoms with E-state index in [2.05, 4.69) is 57.2 Å². The normalized spacial score (nSPS) is 12.1. The Hall–Kier alpha value is -1.04. The molecule has 1 aromatic carbocycles. The van der Waals surface area contributed by atoms with Crippen molar-refractivity contribution in [3.63, 3.8) is 0 Å². The van der Waals surface area contributed by atoms with Crippen molar-refractivity contribution < 1.29 is 0 Å². The summed E-state index contributed by atoms with van der Waals surface area (Å²) in [7, 11) is 0. The molecule has 0 heteroatoms. The van der Waals surface area contributed by atoms with Crippen LogP contribution in [0.4, 0.5) is 0 Å². The lowest BCUT2D eigenvalue weighted by Gasteiger charge is -2.06. The van der Waals surface area contributed by atoms with Gasteiger partial charge in [-0.1, -0.05) is 62.8 Å². The first-order chi connectivity index (χ1) is 6.72. The van der Waals surface area contributed by atoms with E-state index in [9.17, 15) is 0 Å². The fraction of sp³-hybridized carbons (Fsp3) is 0.357. The van der Waals surface area contributed by atoms with Crippen molar-refractivity contribution in [3.05, 3.63) is 53.5 Å². The van der Waals surface area contributed by atoms with Gasteiger partial charge in [-0.3, -0.25) is 0 Å². The predicted molar refractivity (Wildman–Crippen MR) is 63.1 cm³/mol. The molecule has 14 heavy (non-hydrogen) atoms. The van der Waals surface area contributed by atoms with Gasteiger partial charge in [0.1, 0.15) is 0 Å². The van der Waals surface area contributed by atoms with Crippen LogP contribution < -0.4 is 0 Å².